The highest BCUT2D eigenvalue weighted by atomic mass is 35.5. The minimum Gasteiger partial charge on any atom is -0.325 e. The molecule has 8 heteroatoms. The van der Waals surface area contributed by atoms with Crippen molar-refractivity contribution >= 4 is 46.3 Å². The van der Waals surface area contributed by atoms with Crippen LogP contribution in [0.4, 0.5) is 5.69 Å². The van der Waals surface area contributed by atoms with Crippen LogP contribution in [0, 0.1) is 6.92 Å². The molecule has 5 nitrogen and oxygen atoms in total. The predicted molar refractivity (Wildman–Crippen MR) is 105 cm³/mol. The molecule has 25 heavy (non-hydrogen) atoms. The number of carbonyl (C=O) groups is 1. The van der Waals surface area contributed by atoms with Crippen LogP contribution in [0.1, 0.15) is 12.5 Å². The molecule has 0 bridgehead atoms. The molecule has 2 aromatic heterocycles. The van der Waals surface area contributed by atoms with Gasteiger partial charge in [0.25, 0.3) is 0 Å². The molecule has 130 valence electrons. The molecule has 0 radical (unpaired) electrons. The maximum Gasteiger partial charge on any atom is 0.234 e. The third-order valence-electron chi connectivity index (χ3n) is 3.57. The van der Waals surface area contributed by atoms with Crippen LogP contribution in [0.3, 0.4) is 0 Å². The minimum absolute atomic E-state index is 0.0845. The monoisotopic (exact) mass is 392 g/mol. The number of carbonyl (C=O) groups excluding carboxylic acids is 1. The fourth-order valence-corrected chi connectivity index (χ4v) is 4.10. The van der Waals surface area contributed by atoms with E-state index in [1.807, 2.05) is 48.1 Å². The van der Waals surface area contributed by atoms with Crippen molar-refractivity contribution in [2.75, 3.05) is 11.1 Å². The molecular formula is C17H17ClN4OS2. The van der Waals surface area contributed by atoms with Crippen molar-refractivity contribution in [1.82, 2.24) is 14.8 Å². The van der Waals surface area contributed by atoms with Crippen molar-refractivity contribution in [3.63, 3.8) is 0 Å². The highest BCUT2D eigenvalue weighted by Crippen LogP contribution is 2.27. The maximum absolute atomic E-state index is 12.2. The average Bonchev–Trinajstić information content (AvgIpc) is 3.24. The lowest BCUT2D eigenvalue weighted by Crippen LogP contribution is -2.15. The summed E-state index contributed by atoms with van der Waals surface area (Å²) in [7, 11) is 0. The lowest BCUT2D eigenvalue weighted by Gasteiger charge is -2.09. The van der Waals surface area contributed by atoms with Gasteiger partial charge in [0.05, 0.1) is 10.6 Å². The first-order valence-electron chi connectivity index (χ1n) is 7.74. The molecule has 1 amide bonds. The first kappa shape index (κ1) is 18.0. The van der Waals surface area contributed by atoms with Crippen LogP contribution in [0.2, 0.25) is 5.02 Å². The second-order valence-corrected chi connectivity index (χ2v) is 7.65. The van der Waals surface area contributed by atoms with E-state index in [-0.39, 0.29) is 11.7 Å². The zero-order chi connectivity index (χ0) is 17.8. The Morgan fingerprint density at radius 2 is 2.20 bits per heavy atom. The summed E-state index contributed by atoms with van der Waals surface area (Å²) in [6.07, 6.45) is 0. The van der Waals surface area contributed by atoms with Gasteiger partial charge in [0, 0.05) is 17.3 Å². The molecule has 2 heterocycles. The quantitative estimate of drug-likeness (QED) is 0.616. The number of anilines is 1. The smallest absolute Gasteiger partial charge is 0.234 e. The summed E-state index contributed by atoms with van der Waals surface area (Å²) in [4.78, 5) is 13.3. The molecule has 0 aliphatic heterocycles. The van der Waals surface area contributed by atoms with Crippen molar-refractivity contribution in [2.45, 2.75) is 25.5 Å². The largest absolute Gasteiger partial charge is 0.325 e. The summed E-state index contributed by atoms with van der Waals surface area (Å²) < 4.78 is 2.03. The number of thiophene rings is 1. The van der Waals surface area contributed by atoms with Gasteiger partial charge in [-0.15, -0.1) is 21.5 Å². The number of rotatable bonds is 6. The number of nitrogens with zero attached hydrogens (tertiary/aromatic N) is 3. The van der Waals surface area contributed by atoms with Crippen molar-refractivity contribution in [3.05, 3.63) is 46.3 Å². The molecule has 0 atom stereocenters. The van der Waals surface area contributed by atoms with Crippen LogP contribution >= 0.6 is 34.7 Å². The van der Waals surface area contributed by atoms with E-state index in [0.717, 1.165) is 33.7 Å². The van der Waals surface area contributed by atoms with Crippen molar-refractivity contribution in [1.29, 1.82) is 0 Å². The number of halogens is 1. The standard InChI is InChI=1S/C17H17ClN4OS2/c1-3-22-16(14-5-4-8-24-14)20-21-17(22)25-10-15(23)19-13-7-6-12(18)9-11(13)2/h4-9H,3,10H2,1-2H3,(H,19,23). The number of aromatic nitrogens is 3. The van der Waals surface area contributed by atoms with Crippen LogP contribution in [-0.4, -0.2) is 26.4 Å². The second-order valence-electron chi connectivity index (χ2n) is 5.32. The van der Waals surface area contributed by atoms with Gasteiger partial charge in [-0.05, 0) is 49.1 Å². The van der Waals surface area contributed by atoms with Crippen molar-refractivity contribution in [2.24, 2.45) is 0 Å². The Hall–Kier alpha value is -1.83. The van der Waals surface area contributed by atoms with Gasteiger partial charge in [-0.1, -0.05) is 29.4 Å². The van der Waals surface area contributed by atoms with E-state index in [1.165, 1.54) is 11.8 Å². The fourth-order valence-electron chi connectivity index (χ4n) is 2.35. The van der Waals surface area contributed by atoms with E-state index in [1.54, 1.807) is 17.4 Å². The number of aryl methyl sites for hydroxylation is 1. The second kappa shape index (κ2) is 8.03. The van der Waals surface area contributed by atoms with Crippen LogP contribution in [0.15, 0.2) is 40.9 Å². The van der Waals surface area contributed by atoms with Crippen molar-refractivity contribution in [3.8, 4) is 10.7 Å². The Morgan fingerprint density at radius 1 is 1.36 bits per heavy atom. The molecule has 0 aliphatic rings. The highest BCUT2D eigenvalue weighted by molar-refractivity contribution is 7.99. The Bertz CT molecular complexity index is 877. The average molecular weight is 393 g/mol. The van der Waals surface area contributed by atoms with Gasteiger partial charge in [0.1, 0.15) is 0 Å². The maximum atomic E-state index is 12.2. The van der Waals surface area contributed by atoms with Crippen LogP contribution in [0.5, 0.6) is 0 Å². The van der Waals surface area contributed by atoms with Gasteiger partial charge in [0.15, 0.2) is 11.0 Å². The van der Waals surface area contributed by atoms with E-state index in [4.69, 9.17) is 11.6 Å². The molecular weight excluding hydrogens is 376 g/mol. The van der Waals surface area contributed by atoms with E-state index in [0.29, 0.717) is 5.02 Å². The summed E-state index contributed by atoms with van der Waals surface area (Å²) in [5.74, 6) is 1.03. The lowest BCUT2D eigenvalue weighted by atomic mass is 10.2. The van der Waals surface area contributed by atoms with Crippen LogP contribution in [-0.2, 0) is 11.3 Å². The molecule has 0 spiro atoms. The molecule has 1 aromatic carbocycles. The Kier molecular flexibility index (Phi) is 5.78. The number of benzene rings is 1. The van der Waals surface area contributed by atoms with Gasteiger partial charge < -0.3 is 9.88 Å². The minimum atomic E-state index is -0.0845. The summed E-state index contributed by atoms with van der Waals surface area (Å²) in [6.45, 7) is 4.71. The first-order valence-corrected chi connectivity index (χ1v) is 9.98. The molecule has 1 N–H and O–H groups in total. The fraction of sp³-hybridized carbons (Fsp3) is 0.235. The van der Waals surface area contributed by atoms with E-state index < -0.39 is 0 Å². The highest BCUT2D eigenvalue weighted by Gasteiger charge is 2.15. The predicted octanol–water partition coefficient (Wildman–Crippen LogP) is 4.72. The molecule has 0 saturated heterocycles. The zero-order valence-electron chi connectivity index (χ0n) is 13.8. The number of amides is 1. The Morgan fingerprint density at radius 3 is 2.88 bits per heavy atom. The third-order valence-corrected chi connectivity index (χ3v) is 5.64. The van der Waals surface area contributed by atoms with E-state index in [2.05, 4.69) is 15.5 Å². The van der Waals surface area contributed by atoms with Crippen molar-refractivity contribution < 1.29 is 4.79 Å². The van der Waals surface area contributed by atoms with E-state index in [9.17, 15) is 4.79 Å². The topological polar surface area (TPSA) is 59.8 Å². The zero-order valence-corrected chi connectivity index (χ0v) is 16.2. The number of thioether (sulfide) groups is 1. The normalized spacial score (nSPS) is 10.8. The van der Waals surface area contributed by atoms with Gasteiger partial charge in [-0.2, -0.15) is 0 Å². The summed E-state index contributed by atoms with van der Waals surface area (Å²) >= 11 is 8.95. The molecule has 0 aliphatic carbocycles. The molecule has 0 unspecified atom stereocenters. The molecule has 3 aromatic rings. The lowest BCUT2D eigenvalue weighted by molar-refractivity contribution is -0.113. The summed E-state index contributed by atoms with van der Waals surface area (Å²) in [5, 5.41) is 14.8. The SMILES string of the molecule is CCn1c(SCC(=O)Nc2ccc(Cl)cc2C)nnc1-c1cccs1. The van der Waals surface area contributed by atoms with E-state index >= 15 is 0 Å². The summed E-state index contributed by atoms with van der Waals surface area (Å²) in [6, 6.07) is 9.40. The Balaban J connectivity index is 1.66. The Labute approximate surface area is 159 Å². The van der Waals surface area contributed by atoms with Crippen LogP contribution < -0.4 is 5.32 Å². The molecule has 0 fully saturated rings. The van der Waals surface area contributed by atoms with Gasteiger partial charge >= 0.3 is 0 Å². The van der Waals surface area contributed by atoms with Crippen LogP contribution in [0.25, 0.3) is 10.7 Å². The molecule has 3 rings (SSSR count). The first-order chi connectivity index (χ1) is 12.1. The molecule has 0 saturated carbocycles. The number of hydrogen-bond acceptors (Lipinski definition) is 5. The number of nitrogens with one attached hydrogen (secondary N) is 1. The van der Waals surface area contributed by atoms with Gasteiger partial charge in [-0.25, -0.2) is 0 Å². The number of hydrogen-bond donors (Lipinski definition) is 1. The van der Waals surface area contributed by atoms with Gasteiger partial charge in [-0.3, -0.25) is 4.79 Å². The third kappa shape index (κ3) is 4.23. The van der Waals surface area contributed by atoms with Gasteiger partial charge in [0.2, 0.25) is 5.91 Å². The summed E-state index contributed by atoms with van der Waals surface area (Å²) in [5.41, 5.74) is 1.70.